The number of hydrogen-bond acceptors (Lipinski definition) is 4. The number of thiophene rings is 1. The second-order valence-electron chi connectivity index (χ2n) is 7.01. The third-order valence-corrected chi connectivity index (χ3v) is 5.46. The van der Waals surface area contributed by atoms with Crippen LogP contribution in [0.25, 0.3) is 0 Å². The number of fused-ring (bicyclic) bond motifs is 2. The van der Waals surface area contributed by atoms with Gasteiger partial charge in [-0.3, -0.25) is 14.5 Å². The first kappa shape index (κ1) is 15.2. The first-order valence-electron chi connectivity index (χ1n) is 7.50. The molecule has 1 aromatic rings. The van der Waals surface area contributed by atoms with Gasteiger partial charge in [0, 0.05) is 15.9 Å². The number of carbonyl (C=O) groups excluding carboxylic acids is 3. The quantitative estimate of drug-likeness (QED) is 0.851. The number of amides is 3. The van der Waals surface area contributed by atoms with E-state index in [1.54, 1.807) is 32.1 Å². The fourth-order valence-electron chi connectivity index (χ4n) is 3.07. The van der Waals surface area contributed by atoms with Crippen LogP contribution in [0.1, 0.15) is 44.1 Å². The van der Waals surface area contributed by atoms with Crippen molar-refractivity contribution in [3.8, 4) is 0 Å². The van der Waals surface area contributed by atoms with Gasteiger partial charge in [-0.1, -0.05) is 20.8 Å². The number of urea groups is 1. The summed E-state index contributed by atoms with van der Waals surface area (Å²) < 4.78 is 0. The average Bonchev–Trinajstić information content (AvgIpc) is 2.99. The van der Waals surface area contributed by atoms with Gasteiger partial charge in [0.1, 0.15) is 5.54 Å². The lowest BCUT2D eigenvalue weighted by Crippen LogP contribution is -2.46. The summed E-state index contributed by atoms with van der Waals surface area (Å²) in [5.74, 6) is -0.399. The molecule has 2 heterocycles. The minimum Gasteiger partial charge on any atom is -0.319 e. The Hall–Kier alpha value is -1.69. The Morgan fingerprint density at radius 2 is 2.14 bits per heavy atom. The Morgan fingerprint density at radius 1 is 1.41 bits per heavy atom. The lowest BCUT2D eigenvalue weighted by molar-refractivity contribution is -0.137. The van der Waals surface area contributed by atoms with Gasteiger partial charge in [-0.25, -0.2) is 4.79 Å². The Bertz CT molecular complexity index is 659. The van der Waals surface area contributed by atoms with Gasteiger partial charge < -0.3 is 5.32 Å². The van der Waals surface area contributed by atoms with Crippen LogP contribution in [0.3, 0.4) is 0 Å². The minimum absolute atomic E-state index is 0.116. The van der Waals surface area contributed by atoms with E-state index in [0.717, 1.165) is 28.2 Å². The summed E-state index contributed by atoms with van der Waals surface area (Å²) in [6.45, 7) is 5.22. The predicted molar refractivity (Wildman–Crippen MR) is 83.6 cm³/mol. The number of aryl methyl sites for hydroxylation is 1. The molecule has 3 rings (SSSR count). The van der Waals surface area contributed by atoms with Crippen LogP contribution in [0.5, 0.6) is 0 Å². The zero-order valence-corrected chi connectivity index (χ0v) is 13.9. The van der Waals surface area contributed by atoms with Gasteiger partial charge in [-0.15, -0.1) is 11.3 Å². The number of hydrogen-bond donors (Lipinski definition) is 1. The molecule has 1 N–H and O–H groups in total. The molecule has 0 unspecified atom stereocenters. The summed E-state index contributed by atoms with van der Waals surface area (Å²) in [5, 5.41) is 4.82. The summed E-state index contributed by atoms with van der Waals surface area (Å²) in [7, 11) is 0. The van der Waals surface area contributed by atoms with Gasteiger partial charge in [0.05, 0.1) is 6.54 Å². The van der Waals surface area contributed by atoms with Crippen molar-refractivity contribution in [1.29, 1.82) is 0 Å². The fourth-order valence-corrected chi connectivity index (χ4v) is 4.07. The first-order chi connectivity index (χ1) is 10.3. The molecule has 22 heavy (non-hydrogen) atoms. The molecule has 1 aliphatic carbocycles. The van der Waals surface area contributed by atoms with E-state index < -0.39 is 17.0 Å². The molecular formula is C16H20N2O3S. The van der Waals surface area contributed by atoms with Crippen molar-refractivity contribution >= 4 is 29.1 Å². The molecule has 3 amide bonds. The van der Waals surface area contributed by atoms with Crippen LogP contribution >= 0.6 is 11.3 Å². The highest BCUT2D eigenvalue weighted by atomic mass is 32.1. The molecule has 1 fully saturated rings. The van der Waals surface area contributed by atoms with Crippen LogP contribution in [0.2, 0.25) is 0 Å². The van der Waals surface area contributed by atoms with Crippen molar-refractivity contribution in [2.45, 2.75) is 45.6 Å². The fraction of sp³-hybridized carbons (Fsp3) is 0.562. The highest BCUT2D eigenvalue weighted by molar-refractivity contribution is 7.10. The maximum Gasteiger partial charge on any atom is 0.325 e. The van der Waals surface area contributed by atoms with E-state index in [9.17, 15) is 14.4 Å². The summed E-state index contributed by atoms with van der Waals surface area (Å²) in [6, 6.07) is 1.47. The summed E-state index contributed by atoms with van der Waals surface area (Å²) >= 11 is 1.62. The molecule has 2 aliphatic rings. The molecule has 0 bridgehead atoms. The largest absolute Gasteiger partial charge is 0.325 e. The topological polar surface area (TPSA) is 66.5 Å². The third kappa shape index (κ3) is 2.17. The molecule has 5 nitrogen and oxygen atoms in total. The second-order valence-corrected chi connectivity index (χ2v) is 8.01. The van der Waals surface area contributed by atoms with E-state index in [1.165, 1.54) is 0 Å². The predicted octanol–water partition coefficient (Wildman–Crippen LogP) is 2.45. The zero-order chi connectivity index (χ0) is 16.1. The lowest BCUT2D eigenvalue weighted by atomic mass is 9.80. The van der Waals surface area contributed by atoms with E-state index in [0.29, 0.717) is 6.42 Å². The van der Waals surface area contributed by atoms with Crippen LogP contribution in [0.4, 0.5) is 4.79 Å². The molecule has 1 aromatic heterocycles. The Balaban J connectivity index is 1.92. The molecule has 0 radical (unpaired) electrons. The van der Waals surface area contributed by atoms with Gasteiger partial charge >= 0.3 is 6.03 Å². The molecule has 1 saturated heterocycles. The van der Waals surface area contributed by atoms with E-state index in [-0.39, 0.29) is 18.2 Å². The third-order valence-electron chi connectivity index (χ3n) is 4.47. The molecule has 1 spiro atoms. The van der Waals surface area contributed by atoms with Crippen LogP contribution in [-0.4, -0.2) is 29.2 Å². The molecule has 118 valence electrons. The molecular weight excluding hydrogens is 300 g/mol. The normalized spacial score (nSPS) is 24.6. The number of nitrogens with zero attached hydrogens (tertiary/aromatic N) is 1. The van der Waals surface area contributed by atoms with Crippen LogP contribution in [-0.2, 0) is 21.5 Å². The van der Waals surface area contributed by atoms with Gasteiger partial charge in [0.25, 0.3) is 5.91 Å². The molecule has 0 aromatic carbocycles. The van der Waals surface area contributed by atoms with Crippen LogP contribution in [0.15, 0.2) is 11.4 Å². The van der Waals surface area contributed by atoms with Gasteiger partial charge in [-0.2, -0.15) is 0 Å². The standard InChI is InChI=1S/C16H20N2O3S/c1-15(2,3)12(19)9-18-13(20)16(17-14(18)21)7-4-5-11-10(16)6-8-22-11/h6,8H,4-5,7,9H2,1-3H3,(H,17,21)/t16-/m0/s1. The summed E-state index contributed by atoms with van der Waals surface area (Å²) in [5.41, 5.74) is -0.619. The molecule has 1 aliphatic heterocycles. The number of carbonyl (C=O) groups is 3. The van der Waals surface area contributed by atoms with Crippen molar-refractivity contribution in [3.63, 3.8) is 0 Å². The van der Waals surface area contributed by atoms with Crippen molar-refractivity contribution in [1.82, 2.24) is 10.2 Å². The van der Waals surface area contributed by atoms with E-state index >= 15 is 0 Å². The number of Topliss-reactive ketones (excluding diaryl/α,β-unsaturated/α-hetero) is 1. The van der Waals surface area contributed by atoms with Crippen molar-refractivity contribution in [2.75, 3.05) is 6.54 Å². The maximum atomic E-state index is 12.9. The molecule has 0 saturated carbocycles. The van der Waals surface area contributed by atoms with E-state index in [4.69, 9.17) is 0 Å². The Labute approximate surface area is 133 Å². The van der Waals surface area contributed by atoms with E-state index in [1.807, 2.05) is 11.4 Å². The van der Waals surface area contributed by atoms with Gasteiger partial charge in [0.2, 0.25) is 0 Å². The van der Waals surface area contributed by atoms with Crippen molar-refractivity contribution in [2.24, 2.45) is 5.41 Å². The number of rotatable bonds is 2. The number of imide groups is 1. The Morgan fingerprint density at radius 3 is 2.82 bits per heavy atom. The van der Waals surface area contributed by atoms with Gasteiger partial charge in [-0.05, 0) is 30.7 Å². The van der Waals surface area contributed by atoms with Crippen LogP contribution < -0.4 is 5.32 Å². The minimum atomic E-state index is -0.956. The average molecular weight is 320 g/mol. The summed E-state index contributed by atoms with van der Waals surface area (Å²) in [6.07, 6.45) is 2.40. The van der Waals surface area contributed by atoms with Crippen molar-refractivity contribution in [3.05, 3.63) is 21.9 Å². The smallest absolute Gasteiger partial charge is 0.319 e. The summed E-state index contributed by atoms with van der Waals surface area (Å²) in [4.78, 5) is 39.7. The van der Waals surface area contributed by atoms with E-state index in [2.05, 4.69) is 5.32 Å². The number of nitrogens with one attached hydrogen (secondary N) is 1. The monoisotopic (exact) mass is 320 g/mol. The zero-order valence-electron chi connectivity index (χ0n) is 13.1. The second kappa shape index (κ2) is 4.91. The molecule has 6 heteroatoms. The molecule has 1 atom stereocenters. The maximum absolute atomic E-state index is 12.9. The van der Waals surface area contributed by atoms with Crippen LogP contribution in [0, 0.1) is 5.41 Å². The Kier molecular flexibility index (Phi) is 3.40. The number of ketones is 1. The SMILES string of the molecule is CC(C)(C)C(=O)CN1C(=O)N[C@]2(CCCc3sccc32)C1=O. The first-order valence-corrected chi connectivity index (χ1v) is 8.38. The highest BCUT2D eigenvalue weighted by Gasteiger charge is 2.54. The van der Waals surface area contributed by atoms with Crippen molar-refractivity contribution < 1.29 is 14.4 Å². The van der Waals surface area contributed by atoms with Gasteiger partial charge in [0.15, 0.2) is 5.78 Å². The highest BCUT2D eigenvalue weighted by Crippen LogP contribution is 2.42. The lowest BCUT2D eigenvalue weighted by Gasteiger charge is -2.31.